The van der Waals surface area contributed by atoms with Crippen LogP contribution in [0.25, 0.3) is 10.9 Å². The van der Waals surface area contributed by atoms with E-state index in [4.69, 9.17) is 11.6 Å². The highest BCUT2D eigenvalue weighted by Crippen LogP contribution is 2.24. The molecule has 20 heavy (non-hydrogen) atoms. The van der Waals surface area contributed by atoms with Crippen LogP contribution in [0.3, 0.4) is 0 Å². The van der Waals surface area contributed by atoms with Crippen LogP contribution in [0.5, 0.6) is 5.75 Å². The van der Waals surface area contributed by atoms with Crippen molar-refractivity contribution in [3.05, 3.63) is 65.3 Å². The first-order valence-corrected chi connectivity index (χ1v) is 6.66. The molecule has 3 rings (SSSR count). The molecule has 0 aliphatic rings. The van der Waals surface area contributed by atoms with Crippen LogP contribution in [0.15, 0.2) is 54.7 Å². The van der Waals surface area contributed by atoms with E-state index in [1.54, 1.807) is 18.3 Å². The van der Waals surface area contributed by atoms with E-state index in [9.17, 15) is 5.11 Å². The molecule has 4 heteroatoms. The van der Waals surface area contributed by atoms with Gasteiger partial charge in [0, 0.05) is 23.8 Å². The van der Waals surface area contributed by atoms with Gasteiger partial charge in [0.25, 0.3) is 0 Å². The van der Waals surface area contributed by atoms with Crippen LogP contribution in [0.1, 0.15) is 5.56 Å². The topological polar surface area (TPSA) is 45.1 Å². The average Bonchev–Trinajstić information content (AvgIpc) is 2.48. The summed E-state index contributed by atoms with van der Waals surface area (Å²) in [6.45, 7) is 0.645. The van der Waals surface area contributed by atoms with Crippen molar-refractivity contribution in [2.24, 2.45) is 0 Å². The number of hydrogen-bond acceptors (Lipinski definition) is 3. The summed E-state index contributed by atoms with van der Waals surface area (Å²) in [6, 6.07) is 15.2. The van der Waals surface area contributed by atoms with E-state index in [0.717, 1.165) is 22.2 Å². The minimum Gasteiger partial charge on any atom is -0.506 e. The SMILES string of the molecule is Oc1ccc(CNc2ccc3ncccc3c2)cc1Cl. The summed E-state index contributed by atoms with van der Waals surface area (Å²) in [5.74, 6) is 0.104. The predicted octanol–water partition coefficient (Wildman–Crippen LogP) is 4.21. The van der Waals surface area contributed by atoms with E-state index in [1.165, 1.54) is 0 Å². The molecule has 0 saturated heterocycles. The van der Waals surface area contributed by atoms with E-state index in [1.807, 2.05) is 30.3 Å². The van der Waals surface area contributed by atoms with Crippen LogP contribution in [-0.4, -0.2) is 10.1 Å². The summed E-state index contributed by atoms with van der Waals surface area (Å²) in [5.41, 5.74) is 3.01. The number of fused-ring (bicyclic) bond motifs is 1. The summed E-state index contributed by atoms with van der Waals surface area (Å²) in [6.07, 6.45) is 1.79. The number of nitrogens with zero attached hydrogens (tertiary/aromatic N) is 1. The Morgan fingerprint density at radius 2 is 2.00 bits per heavy atom. The van der Waals surface area contributed by atoms with Crippen LogP contribution in [0.2, 0.25) is 5.02 Å². The first kappa shape index (κ1) is 12.8. The van der Waals surface area contributed by atoms with Gasteiger partial charge in [-0.1, -0.05) is 23.7 Å². The summed E-state index contributed by atoms with van der Waals surface area (Å²) in [5, 5.41) is 14.2. The zero-order valence-corrected chi connectivity index (χ0v) is 11.4. The zero-order chi connectivity index (χ0) is 13.9. The highest BCUT2D eigenvalue weighted by atomic mass is 35.5. The molecule has 0 aliphatic heterocycles. The number of phenols is 1. The molecule has 0 radical (unpaired) electrons. The molecule has 2 aromatic carbocycles. The number of phenolic OH excluding ortho intramolecular Hbond substituents is 1. The van der Waals surface area contributed by atoms with Gasteiger partial charge < -0.3 is 10.4 Å². The van der Waals surface area contributed by atoms with E-state index in [-0.39, 0.29) is 5.75 Å². The molecule has 0 aliphatic carbocycles. The molecule has 0 spiro atoms. The lowest BCUT2D eigenvalue weighted by molar-refractivity contribution is 0.475. The van der Waals surface area contributed by atoms with Crippen LogP contribution < -0.4 is 5.32 Å². The van der Waals surface area contributed by atoms with Gasteiger partial charge in [-0.25, -0.2) is 0 Å². The molecule has 100 valence electrons. The van der Waals surface area contributed by atoms with Crippen molar-refractivity contribution in [1.82, 2.24) is 4.98 Å². The Kier molecular flexibility index (Phi) is 3.44. The van der Waals surface area contributed by atoms with Crippen LogP contribution in [0.4, 0.5) is 5.69 Å². The van der Waals surface area contributed by atoms with Gasteiger partial charge in [-0.15, -0.1) is 0 Å². The largest absolute Gasteiger partial charge is 0.506 e. The van der Waals surface area contributed by atoms with E-state index >= 15 is 0 Å². The molecule has 0 fully saturated rings. The standard InChI is InChI=1S/C16H13ClN2O/c17-14-8-11(3-6-16(14)20)10-19-13-4-5-15-12(9-13)2-1-7-18-15/h1-9,19-20H,10H2. The maximum Gasteiger partial charge on any atom is 0.134 e. The molecular weight excluding hydrogens is 272 g/mol. The van der Waals surface area contributed by atoms with Crippen molar-refractivity contribution in [2.75, 3.05) is 5.32 Å². The summed E-state index contributed by atoms with van der Waals surface area (Å²) in [4.78, 5) is 4.29. The molecule has 2 N–H and O–H groups in total. The number of nitrogens with one attached hydrogen (secondary N) is 1. The number of halogens is 1. The fourth-order valence-corrected chi connectivity index (χ4v) is 2.25. The van der Waals surface area contributed by atoms with Gasteiger partial charge in [0.2, 0.25) is 0 Å². The van der Waals surface area contributed by atoms with Crippen LogP contribution >= 0.6 is 11.6 Å². The van der Waals surface area contributed by atoms with Gasteiger partial charge in [-0.2, -0.15) is 0 Å². The van der Waals surface area contributed by atoms with E-state index in [2.05, 4.69) is 16.4 Å². The number of anilines is 1. The molecule has 0 bridgehead atoms. The molecular formula is C16H13ClN2O. The average molecular weight is 285 g/mol. The molecule has 0 unspecified atom stereocenters. The summed E-state index contributed by atoms with van der Waals surface area (Å²) in [7, 11) is 0. The minimum absolute atomic E-state index is 0.104. The molecule has 0 atom stereocenters. The lowest BCUT2D eigenvalue weighted by Gasteiger charge is -2.08. The first-order chi connectivity index (χ1) is 9.72. The highest BCUT2D eigenvalue weighted by Gasteiger charge is 2.01. The van der Waals surface area contributed by atoms with Gasteiger partial charge in [0.15, 0.2) is 0 Å². The third-order valence-electron chi connectivity index (χ3n) is 3.11. The molecule has 1 aromatic heterocycles. The Balaban J connectivity index is 1.77. The smallest absolute Gasteiger partial charge is 0.134 e. The van der Waals surface area contributed by atoms with Gasteiger partial charge in [0.1, 0.15) is 5.75 Å². The van der Waals surface area contributed by atoms with Crippen molar-refractivity contribution in [3.63, 3.8) is 0 Å². The normalized spacial score (nSPS) is 10.7. The lowest BCUT2D eigenvalue weighted by Crippen LogP contribution is -1.99. The Hall–Kier alpha value is -2.26. The van der Waals surface area contributed by atoms with Crippen LogP contribution in [0, 0.1) is 0 Å². The number of rotatable bonds is 3. The second kappa shape index (κ2) is 5.39. The monoisotopic (exact) mass is 284 g/mol. The fraction of sp³-hybridized carbons (Fsp3) is 0.0625. The van der Waals surface area contributed by atoms with Crippen molar-refractivity contribution >= 4 is 28.2 Å². The van der Waals surface area contributed by atoms with Gasteiger partial charge in [0.05, 0.1) is 10.5 Å². The third kappa shape index (κ3) is 2.68. The van der Waals surface area contributed by atoms with Crippen molar-refractivity contribution in [3.8, 4) is 5.75 Å². The Morgan fingerprint density at radius 3 is 2.85 bits per heavy atom. The number of aromatic hydroxyl groups is 1. The van der Waals surface area contributed by atoms with Gasteiger partial charge >= 0.3 is 0 Å². The fourth-order valence-electron chi connectivity index (χ4n) is 2.05. The molecule has 1 heterocycles. The van der Waals surface area contributed by atoms with Crippen molar-refractivity contribution < 1.29 is 5.11 Å². The predicted molar refractivity (Wildman–Crippen MR) is 82.2 cm³/mol. The van der Waals surface area contributed by atoms with Crippen molar-refractivity contribution in [1.29, 1.82) is 0 Å². The minimum atomic E-state index is 0.104. The van der Waals surface area contributed by atoms with Gasteiger partial charge in [-0.3, -0.25) is 4.98 Å². The zero-order valence-electron chi connectivity index (χ0n) is 10.7. The van der Waals surface area contributed by atoms with Gasteiger partial charge in [-0.05, 0) is 42.0 Å². The molecule has 0 amide bonds. The number of benzene rings is 2. The lowest BCUT2D eigenvalue weighted by atomic mass is 10.2. The van der Waals surface area contributed by atoms with E-state index in [0.29, 0.717) is 11.6 Å². The number of hydrogen-bond donors (Lipinski definition) is 2. The Labute approximate surface area is 121 Å². The molecule has 3 nitrogen and oxygen atoms in total. The number of pyridine rings is 1. The second-order valence-electron chi connectivity index (χ2n) is 4.55. The maximum atomic E-state index is 9.39. The van der Waals surface area contributed by atoms with Crippen molar-refractivity contribution in [2.45, 2.75) is 6.54 Å². The Morgan fingerprint density at radius 1 is 1.10 bits per heavy atom. The molecule has 3 aromatic rings. The third-order valence-corrected chi connectivity index (χ3v) is 3.41. The van der Waals surface area contributed by atoms with Crippen LogP contribution in [-0.2, 0) is 6.54 Å². The first-order valence-electron chi connectivity index (χ1n) is 6.28. The van der Waals surface area contributed by atoms with E-state index < -0.39 is 0 Å². The summed E-state index contributed by atoms with van der Waals surface area (Å²) < 4.78 is 0. The summed E-state index contributed by atoms with van der Waals surface area (Å²) >= 11 is 5.89. The quantitative estimate of drug-likeness (QED) is 0.757. The maximum absolute atomic E-state index is 9.39. The number of aromatic nitrogens is 1. The highest BCUT2D eigenvalue weighted by molar-refractivity contribution is 6.32. The molecule has 0 saturated carbocycles. The second-order valence-corrected chi connectivity index (χ2v) is 4.96. The Bertz CT molecular complexity index is 758.